The zero-order valence-electron chi connectivity index (χ0n) is 12.2. The number of likely N-dealkylation sites (tertiary alicyclic amines) is 1. The van der Waals surface area contributed by atoms with Crippen molar-refractivity contribution in [2.45, 2.75) is 25.8 Å². The van der Waals surface area contributed by atoms with Crippen LogP contribution >= 0.6 is 0 Å². The number of amides is 1. The van der Waals surface area contributed by atoms with E-state index in [4.69, 9.17) is 10.5 Å². The smallest absolute Gasteiger partial charge is 0.251 e. The van der Waals surface area contributed by atoms with Gasteiger partial charge in [-0.2, -0.15) is 0 Å². The maximum atomic E-state index is 12.2. The number of carbonyl (C=O) groups excluding carboxylic acids is 1. The lowest BCUT2D eigenvalue weighted by atomic mass is 10.0. The average Bonchev–Trinajstić information content (AvgIpc) is 2.47. The van der Waals surface area contributed by atoms with E-state index in [9.17, 15) is 4.79 Å². The highest BCUT2D eigenvalue weighted by Gasteiger charge is 2.21. The molecule has 0 saturated carbocycles. The summed E-state index contributed by atoms with van der Waals surface area (Å²) in [6.45, 7) is 5.22. The van der Waals surface area contributed by atoms with Gasteiger partial charge in [-0.15, -0.1) is 0 Å². The summed E-state index contributed by atoms with van der Waals surface area (Å²) in [5.74, 6) is 0.527. The SMILES string of the molecule is CCN1CCCC(NC(=O)c2ccc(OC)c(N)c2)C1. The molecule has 2 rings (SSSR count). The van der Waals surface area contributed by atoms with Crippen LogP contribution in [-0.2, 0) is 0 Å². The fourth-order valence-electron chi connectivity index (χ4n) is 2.60. The highest BCUT2D eigenvalue weighted by Crippen LogP contribution is 2.22. The quantitative estimate of drug-likeness (QED) is 0.818. The lowest BCUT2D eigenvalue weighted by Gasteiger charge is -2.32. The summed E-state index contributed by atoms with van der Waals surface area (Å²) in [7, 11) is 1.56. The third kappa shape index (κ3) is 3.42. The maximum absolute atomic E-state index is 12.2. The summed E-state index contributed by atoms with van der Waals surface area (Å²) in [6.07, 6.45) is 2.16. The van der Waals surface area contributed by atoms with Crippen LogP contribution in [0.2, 0.25) is 0 Å². The lowest BCUT2D eigenvalue weighted by Crippen LogP contribution is -2.47. The van der Waals surface area contributed by atoms with Gasteiger partial charge in [-0.25, -0.2) is 0 Å². The molecule has 1 unspecified atom stereocenters. The number of anilines is 1. The highest BCUT2D eigenvalue weighted by atomic mass is 16.5. The monoisotopic (exact) mass is 277 g/mol. The molecule has 5 heteroatoms. The van der Waals surface area contributed by atoms with Crippen LogP contribution < -0.4 is 15.8 Å². The molecule has 0 aromatic heterocycles. The van der Waals surface area contributed by atoms with Crippen molar-refractivity contribution in [3.63, 3.8) is 0 Å². The van der Waals surface area contributed by atoms with E-state index in [0.717, 1.165) is 32.5 Å². The molecule has 5 nitrogen and oxygen atoms in total. The topological polar surface area (TPSA) is 67.6 Å². The highest BCUT2D eigenvalue weighted by molar-refractivity contribution is 5.95. The molecular weight excluding hydrogens is 254 g/mol. The number of nitrogens with two attached hydrogens (primary N) is 1. The molecule has 20 heavy (non-hydrogen) atoms. The van der Waals surface area contributed by atoms with Crippen LogP contribution in [0.4, 0.5) is 5.69 Å². The van der Waals surface area contributed by atoms with E-state index in [1.165, 1.54) is 0 Å². The Labute approximate surface area is 120 Å². The number of piperidine rings is 1. The van der Waals surface area contributed by atoms with Crippen LogP contribution in [0.1, 0.15) is 30.1 Å². The minimum Gasteiger partial charge on any atom is -0.495 e. The summed E-state index contributed by atoms with van der Waals surface area (Å²) in [4.78, 5) is 14.6. The number of rotatable bonds is 4. The summed E-state index contributed by atoms with van der Waals surface area (Å²) in [6, 6.07) is 5.35. The zero-order chi connectivity index (χ0) is 14.5. The van der Waals surface area contributed by atoms with Gasteiger partial charge >= 0.3 is 0 Å². The molecule has 110 valence electrons. The Kier molecular flexibility index (Phi) is 4.84. The predicted octanol–water partition coefficient (Wildman–Crippen LogP) is 1.49. The third-order valence-corrected chi connectivity index (χ3v) is 3.78. The van der Waals surface area contributed by atoms with E-state index in [1.807, 2.05) is 0 Å². The van der Waals surface area contributed by atoms with Gasteiger partial charge < -0.3 is 20.7 Å². The van der Waals surface area contributed by atoms with Gasteiger partial charge in [-0.05, 0) is 44.1 Å². The Morgan fingerprint density at radius 1 is 1.55 bits per heavy atom. The summed E-state index contributed by atoms with van der Waals surface area (Å²) < 4.78 is 5.09. The molecule has 1 aliphatic heterocycles. The van der Waals surface area contributed by atoms with Crippen molar-refractivity contribution >= 4 is 11.6 Å². The fraction of sp³-hybridized carbons (Fsp3) is 0.533. The van der Waals surface area contributed by atoms with Gasteiger partial charge in [-0.1, -0.05) is 6.92 Å². The van der Waals surface area contributed by atoms with Crippen LogP contribution in [0.3, 0.4) is 0 Å². The first-order valence-corrected chi connectivity index (χ1v) is 7.10. The van der Waals surface area contributed by atoms with E-state index >= 15 is 0 Å². The van der Waals surface area contributed by atoms with Crippen LogP contribution in [0.5, 0.6) is 5.75 Å². The van der Waals surface area contributed by atoms with Crippen molar-refractivity contribution in [1.82, 2.24) is 10.2 Å². The number of nitrogens with zero attached hydrogens (tertiary/aromatic N) is 1. The van der Waals surface area contributed by atoms with Gasteiger partial charge in [-0.3, -0.25) is 4.79 Å². The van der Waals surface area contributed by atoms with Crippen molar-refractivity contribution in [3.05, 3.63) is 23.8 Å². The molecule has 1 heterocycles. The molecule has 1 amide bonds. The van der Waals surface area contributed by atoms with E-state index in [2.05, 4.69) is 17.1 Å². The molecule has 1 saturated heterocycles. The molecule has 0 radical (unpaired) electrons. The molecule has 0 bridgehead atoms. The minimum absolute atomic E-state index is 0.0673. The van der Waals surface area contributed by atoms with Gasteiger partial charge in [0.15, 0.2) is 0 Å². The van der Waals surface area contributed by atoms with E-state index < -0.39 is 0 Å². The minimum atomic E-state index is -0.0673. The van der Waals surface area contributed by atoms with Crippen molar-refractivity contribution in [2.24, 2.45) is 0 Å². The zero-order valence-corrected chi connectivity index (χ0v) is 12.2. The summed E-state index contributed by atoms with van der Waals surface area (Å²) in [5.41, 5.74) is 6.90. The molecule has 1 aromatic rings. The number of nitrogen functional groups attached to an aromatic ring is 1. The molecule has 0 aliphatic carbocycles. The van der Waals surface area contributed by atoms with Gasteiger partial charge in [0.25, 0.3) is 5.91 Å². The average molecular weight is 277 g/mol. The number of nitrogens with one attached hydrogen (secondary N) is 1. The first-order chi connectivity index (χ1) is 9.63. The standard InChI is InChI=1S/C15H23N3O2/c1-3-18-8-4-5-12(10-18)17-15(19)11-6-7-14(20-2)13(16)9-11/h6-7,9,12H,3-5,8,10,16H2,1-2H3,(H,17,19). The number of ether oxygens (including phenoxy) is 1. The first-order valence-electron chi connectivity index (χ1n) is 7.10. The Bertz CT molecular complexity index is 476. The molecule has 0 spiro atoms. The molecule has 1 atom stereocenters. The van der Waals surface area contributed by atoms with Gasteiger partial charge in [0.05, 0.1) is 12.8 Å². The number of hydrogen-bond acceptors (Lipinski definition) is 4. The Hall–Kier alpha value is -1.75. The van der Waals surface area contributed by atoms with Crippen LogP contribution in [0.25, 0.3) is 0 Å². The fourth-order valence-corrected chi connectivity index (χ4v) is 2.60. The van der Waals surface area contributed by atoms with Gasteiger partial charge in [0, 0.05) is 18.2 Å². The Morgan fingerprint density at radius 2 is 2.35 bits per heavy atom. The molecule has 1 aromatic carbocycles. The lowest BCUT2D eigenvalue weighted by molar-refractivity contribution is 0.0906. The number of methoxy groups -OCH3 is 1. The second-order valence-electron chi connectivity index (χ2n) is 5.16. The van der Waals surface area contributed by atoms with E-state index in [-0.39, 0.29) is 11.9 Å². The van der Waals surface area contributed by atoms with Crippen LogP contribution in [-0.4, -0.2) is 43.6 Å². The van der Waals surface area contributed by atoms with Crippen molar-refractivity contribution in [2.75, 3.05) is 32.5 Å². The van der Waals surface area contributed by atoms with Gasteiger partial charge in [0.2, 0.25) is 0 Å². The van der Waals surface area contributed by atoms with E-state index in [1.54, 1.807) is 25.3 Å². The first kappa shape index (κ1) is 14.7. The van der Waals surface area contributed by atoms with Gasteiger partial charge in [0.1, 0.15) is 5.75 Å². The Morgan fingerprint density at radius 3 is 3.00 bits per heavy atom. The van der Waals surface area contributed by atoms with Crippen LogP contribution in [0.15, 0.2) is 18.2 Å². The number of carbonyl (C=O) groups is 1. The predicted molar refractivity (Wildman–Crippen MR) is 80.0 cm³/mol. The molecule has 1 aliphatic rings. The largest absolute Gasteiger partial charge is 0.495 e. The number of likely N-dealkylation sites (N-methyl/N-ethyl adjacent to an activating group) is 1. The molecule has 1 fully saturated rings. The van der Waals surface area contributed by atoms with Crippen molar-refractivity contribution < 1.29 is 9.53 Å². The maximum Gasteiger partial charge on any atom is 0.251 e. The molecular formula is C15H23N3O2. The molecule has 3 N–H and O–H groups in total. The Balaban J connectivity index is 1.99. The normalized spacial score (nSPS) is 19.6. The third-order valence-electron chi connectivity index (χ3n) is 3.78. The summed E-state index contributed by atoms with van der Waals surface area (Å²) in [5, 5.41) is 3.09. The second-order valence-corrected chi connectivity index (χ2v) is 5.16. The van der Waals surface area contributed by atoms with Crippen molar-refractivity contribution in [3.8, 4) is 5.75 Å². The van der Waals surface area contributed by atoms with Crippen LogP contribution in [0, 0.1) is 0 Å². The number of benzene rings is 1. The number of hydrogen-bond donors (Lipinski definition) is 2. The van der Waals surface area contributed by atoms with E-state index in [0.29, 0.717) is 17.0 Å². The second kappa shape index (κ2) is 6.61. The summed E-state index contributed by atoms with van der Waals surface area (Å²) >= 11 is 0. The van der Waals surface area contributed by atoms with Crippen molar-refractivity contribution in [1.29, 1.82) is 0 Å².